The number of halogens is 1. The van der Waals surface area contributed by atoms with Crippen molar-refractivity contribution in [1.29, 1.82) is 0 Å². The third-order valence-electron chi connectivity index (χ3n) is 6.18. The Kier molecular flexibility index (Phi) is 5.04. The minimum absolute atomic E-state index is 0.0445. The molecule has 5 nitrogen and oxygen atoms in total. The van der Waals surface area contributed by atoms with Gasteiger partial charge in [0.25, 0.3) is 5.91 Å². The molecule has 0 radical (unpaired) electrons. The van der Waals surface area contributed by atoms with Gasteiger partial charge < -0.3 is 0 Å². The Morgan fingerprint density at radius 1 is 1.07 bits per heavy atom. The molecule has 2 aromatic carbocycles. The number of hydrogen-bond acceptors (Lipinski definition) is 4. The summed E-state index contributed by atoms with van der Waals surface area (Å²) in [7, 11) is 0. The number of anilines is 2. The van der Waals surface area contributed by atoms with Crippen molar-refractivity contribution in [3.63, 3.8) is 0 Å². The number of piperidine rings is 1. The van der Waals surface area contributed by atoms with Crippen LogP contribution in [0.5, 0.6) is 0 Å². The normalized spacial score (nSPS) is 26.7. The lowest BCUT2D eigenvalue weighted by Gasteiger charge is -2.35. The lowest BCUT2D eigenvalue weighted by molar-refractivity contribution is -0.124. The fourth-order valence-electron chi connectivity index (χ4n) is 4.79. The number of carbonyl (C=O) groups is 2. The highest BCUT2D eigenvalue weighted by Gasteiger charge is 2.63. The van der Waals surface area contributed by atoms with Gasteiger partial charge in [-0.2, -0.15) is 0 Å². The summed E-state index contributed by atoms with van der Waals surface area (Å²) in [5, 5.41) is 0.222. The highest BCUT2D eigenvalue weighted by Crippen LogP contribution is 2.57. The standard InChI is InChI=1S/C23H24ClN3O2S/c1-16-21(28)27(18-9-7-8-17(24)14-18)23(30-16)19-10-3-4-11-20(19)26(22(23)29)15-25-12-5-2-6-13-25/h3-4,7-11,14,16H,2,5-6,12-13,15H2,1H3/t16-,23-/m1/s1. The molecule has 2 saturated heterocycles. The Labute approximate surface area is 186 Å². The van der Waals surface area contributed by atoms with Gasteiger partial charge in [0.1, 0.15) is 0 Å². The van der Waals surface area contributed by atoms with Crippen molar-refractivity contribution in [1.82, 2.24) is 4.90 Å². The van der Waals surface area contributed by atoms with Crippen LogP contribution in [-0.2, 0) is 14.5 Å². The lowest BCUT2D eigenvalue weighted by atomic mass is 10.0. The number of hydrogen-bond donors (Lipinski definition) is 0. The van der Waals surface area contributed by atoms with Gasteiger partial charge in [-0.15, -0.1) is 11.8 Å². The van der Waals surface area contributed by atoms with Crippen LogP contribution in [0.25, 0.3) is 0 Å². The Hall–Kier alpha value is -2.02. The van der Waals surface area contributed by atoms with Crippen molar-refractivity contribution in [2.24, 2.45) is 0 Å². The molecule has 1 spiro atoms. The van der Waals surface area contributed by atoms with E-state index in [1.165, 1.54) is 18.2 Å². The molecular weight excluding hydrogens is 418 g/mol. The van der Waals surface area contributed by atoms with Crippen LogP contribution in [-0.4, -0.2) is 41.7 Å². The lowest BCUT2D eigenvalue weighted by Crippen LogP contribution is -2.52. The van der Waals surface area contributed by atoms with Gasteiger partial charge in [0, 0.05) is 16.3 Å². The van der Waals surface area contributed by atoms with E-state index in [0.717, 1.165) is 37.2 Å². The molecule has 2 amide bonds. The molecule has 3 heterocycles. The molecule has 0 aromatic heterocycles. The molecule has 2 aromatic rings. The van der Waals surface area contributed by atoms with Crippen molar-refractivity contribution < 1.29 is 9.59 Å². The predicted molar refractivity (Wildman–Crippen MR) is 122 cm³/mol. The number of thioether (sulfide) groups is 1. The number of para-hydroxylation sites is 1. The summed E-state index contributed by atoms with van der Waals surface area (Å²) < 4.78 is 0. The molecule has 30 heavy (non-hydrogen) atoms. The summed E-state index contributed by atoms with van der Waals surface area (Å²) in [6.07, 6.45) is 3.57. The first-order valence-electron chi connectivity index (χ1n) is 10.4. The maximum atomic E-state index is 14.1. The molecule has 3 aliphatic rings. The topological polar surface area (TPSA) is 43.9 Å². The minimum atomic E-state index is -1.09. The second-order valence-electron chi connectivity index (χ2n) is 8.13. The van der Waals surface area contributed by atoms with Gasteiger partial charge >= 0.3 is 0 Å². The van der Waals surface area contributed by atoms with Crippen LogP contribution in [0.1, 0.15) is 31.7 Å². The van der Waals surface area contributed by atoms with Crippen molar-refractivity contribution in [3.8, 4) is 0 Å². The molecular formula is C23H24ClN3O2S. The average Bonchev–Trinajstić information content (AvgIpc) is 3.15. The van der Waals surface area contributed by atoms with E-state index in [1.54, 1.807) is 17.0 Å². The van der Waals surface area contributed by atoms with E-state index in [4.69, 9.17) is 11.6 Å². The molecule has 0 bridgehead atoms. The highest BCUT2D eigenvalue weighted by molar-refractivity contribution is 8.03. The largest absolute Gasteiger partial charge is 0.295 e. The first-order chi connectivity index (χ1) is 14.5. The molecule has 0 saturated carbocycles. The van der Waals surface area contributed by atoms with Crippen molar-refractivity contribution >= 4 is 46.6 Å². The second-order valence-corrected chi connectivity index (χ2v) is 10.1. The molecule has 0 N–H and O–H groups in total. The van der Waals surface area contributed by atoms with Crippen LogP contribution in [0.15, 0.2) is 48.5 Å². The maximum Gasteiger partial charge on any atom is 0.269 e. The van der Waals surface area contributed by atoms with Gasteiger partial charge in [-0.05, 0) is 57.1 Å². The third-order valence-corrected chi connectivity index (χ3v) is 7.89. The maximum absolute atomic E-state index is 14.1. The smallest absolute Gasteiger partial charge is 0.269 e. The zero-order valence-corrected chi connectivity index (χ0v) is 18.5. The molecule has 5 rings (SSSR count). The average molecular weight is 442 g/mol. The quantitative estimate of drug-likeness (QED) is 0.705. The predicted octanol–water partition coefficient (Wildman–Crippen LogP) is 4.45. The Bertz CT molecular complexity index is 1010. The van der Waals surface area contributed by atoms with Crippen molar-refractivity contribution in [2.45, 2.75) is 36.3 Å². The molecule has 2 fully saturated rings. The van der Waals surface area contributed by atoms with E-state index in [0.29, 0.717) is 17.4 Å². The van der Waals surface area contributed by atoms with Gasteiger partial charge in [0.05, 0.1) is 17.6 Å². The zero-order valence-electron chi connectivity index (χ0n) is 16.9. The molecule has 3 aliphatic heterocycles. The van der Waals surface area contributed by atoms with Crippen molar-refractivity contribution in [3.05, 3.63) is 59.1 Å². The van der Waals surface area contributed by atoms with Crippen LogP contribution in [0.3, 0.4) is 0 Å². The van der Waals surface area contributed by atoms with Gasteiger partial charge in [-0.25, -0.2) is 0 Å². The number of amides is 2. The number of nitrogens with zero attached hydrogens (tertiary/aromatic N) is 3. The third kappa shape index (κ3) is 2.96. The summed E-state index contributed by atoms with van der Waals surface area (Å²) >= 11 is 7.68. The first-order valence-corrected chi connectivity index (χ1v) is 11.7. The van der Waals surface area contributed by atoms with E-state index in [1.807, 2.05) is 48.2 Å². The van der Waals surface area contributed by atoms with Gasteiger partial charge in [-0.3, -0.25) is 24.3 Å². The Morgan fingerprint density at radius 2 is 1.83 bits per heavy atom. The number of carbonyl (C=O) groups excluding carboxylic acids is 2. The van der Waals surface area contributed by atoms with Crippen LogP contribution in [0, 0.1) is 0 Å². The van der Waals surface area contributed by atoms with Gasteiger partial charge in [0.2, 0.25) is 10.8 Å². The molecule has 7 heteroatoms. The van der Waals surface area contributed by atoms with Crippen molar-refractivity contribution in [2.75, 3.05) is 29.6 Å². The van der Waals surface area contributed by atoms with E-state index >= 15 is 0 Å². The molecule has 2 atom stereocenters. The molecule has 0 aliphatic carbocycles. The van der Waals surface area contributed by atoms with Gasteiger partial charge in [-0.1, -0.05) is 42.3 Å². The molecule has 0 unspecified atom stereocenters. The number of rotatable bonds is 3. The van der Waals surface area contributed by atoms with Crippen LogP contribution in [0.2, 0.25) is 5.02 Å². The summed E-state index contributed by atoms with van der Waals surface area (Å²) in [6.45, 7) is 4.44. The minimum Gasteiger partial charge on any atom is -0.295 e. The van der Waals surface area contributed by atoms with Gasteiger partial charge in [0.15, 0.2) is 0 Å². The highest BCUT2D eigenvalue weighted by atomic mass is 35.5. The fourth-order valence-corrected chi connectivity index (χ4v) is 6.51. The molecule has 156 valence electrons. The SMILES string of the molecule is C[C@H]1S[C@]2(C(=O)N(CN3CCCCC3)c3ccccc32)N(c2cccc(Cl)c2)C1=O. The monoisotopic (exact) mass is 441 g/mol. The summed E-state index contributed by atoms with van der Waals surface area (Å²) in [4.78, 5) is 32.2. The van der Waals surface area contributed by atoms with Crippen LogP contribution in [0.4, 0.5) is 11.4 Å². The summed E-state index contributed by atoms with van der Waals surface area (Å²) in [5.74, 6) is -0.109. The summed E-state index contributed by atoms with van der Waals surface area (Å²) in [5.41, 5.74) is 2.44. The van der Waals surface area contributed by atoms with E-state index in [9.17, 15) is 9.59 Å². The summed E-state index contributed by atoms with van der Waals surface area (Å²) in [6, 6.07) is 15.1. The van der Waals surface area contributed by atoms with Crippen LogP contribution < -0.4 is 9.80 Å². The van der Waals surface area contributed by atoms with E-state index in [-0.39, 0.29) is 17.1 Å². The Balaban J connectivity index is 1.62. The second kappa shape index (κ2) is 7.59. The first kappa shape index (κ1) is 19.9. The number of likely N-dealkylation sites (tertiary alicyclic amines) is 1. The number of fused-ring (bicyclic) bond motifs is 2. The number of benzene rings is 2. The van der Waals surface area contributed by atoms with E-state index < -0.39 is 4.87 Å². The fraction of sp³-hybridized carbons (Fsp3) is 0.391. The Morgan fingerprint density at radius 3 is 2.60 bits per heavy atom. The van der Waals surface area contributed by atoms with E-state index in [2.05, 4.69) is 4.90 Å². The zero-order chi connectivity index (χ0) is 20.9. The van der Waals surface area contributed by atoms with Crippen LogP contribution >= 0.6 is 23.4 Å².